The molecular formula is C28H28N2O5. The lowest BCUT2D eigenvalue weighted by Crippen LogP contribution is -2.78. The Hall–Kier alpha value is -3.16. The second kappa shape index (κ2) is 6.74. The van der Waals surface area contributed by atoms with Crippen molar-refractivity contribution in [2.45, 2.75) is 61.8 Å². The minimum absolute atomic E-state index is 0.0404. The smallest absolute Gasteiger partial charge is 0.261 e. The number of aliphatic hydroxyl groups is 1. The molecule has 2 aromatic rings. The highest BCUT2D eigenvalue weighted by atomic mass is 16.5. The molecule has 2 amide bonds. The van der Waals surface area contributed by atoms with Crippen molar-refractivity contribution in [1.82, 2.24) is 9.80 Å². The Morgan fingerprint density at radius 3 is 2.77 bits per heavy atom. The van der Waals surface area contributed by atoms with Gasteiger partial charge in [0, 0.05) is 18.2 Å². The number of nitrogens with zero attached hydrogens (tertiary/aromatic N) is 2. The first kappa shape index (κ1) is 21.1. The number of phenols is 1. The first-order valence-electron chi connectivity index (χ1n) is 12.4. The number of piperidine rings is 1. The van der Waals surface area contributed by atoms with E-state index in [4.69, 9.17) is 4.74 Å². The summed E-state index contributed by atoms with van der Waals surface area (Å²) in [5.41, 5.74) is 1.79. The number of phenolic OH excluding ortho intramolecular Hbond substituents is 1. The van der Waals surface area contributed by atoms with Crippen LogP contribution in [0.25, 0.3) is 0 Å². The van der Waals surface area contributed by atoms with Crippen molar-refractivity contribution in [2.75, 3.05) is 13.1 Å². The van der Waals surface area contributed by atoms with Crippen LogP contribution < -0.4 is 4.74 Å². The van der Waals surface area contributed by atoms with E-state index in [-0.39, 0.29) is 23.6 Å². The average molecular weight is 473 g/mol. The van der Waals surface area contributed by atoms with E-state index in [0.29, 0.717) is 49.1 Å². The van der Waals surface area contributed by atoms with Gasteiger partial charge < -0.3 is 14.9 Å². The van der Waals surface area contributed by atoms with Crippen LogP contribution in [-0.2, 0) is 11.8 Å². The second-order valence-corrected chi connectivity index (χ2v) is 10.8. The summed E-state index contributed by atoms with van der Waals surface area (Å²) in [5, 5.41) is 23.3. The van der Waals surface area contributed by atoms with Crippen molar-refractivity contribution in [3.05, 3.63) is 70.8 Å². The van der Waals surface area contributed by atoms with Crippen molar-refractivity contribution in [3.63, 3.8) is 0 Å². The average Bonchev–Trinajstić information content (AvgIpc) is 3.30. The number of aromatic hydroxyl groups is 1. The van der Waals surface area contributed by atoms with Crippen molar-refractivity contribution in [2.24, 2.45) is 0 Å². The number of hydrogen-bond donors (Lipinski definition) is 2. The number of rotatable bonds is 3. The zero-order chi connectivity index (χ0) is 24.3. The monoisotopic (exact) mass is 472 g/mol. The number of carbonyl (C=O) groups excluding carboxylic acids is 2. The third kappa shape index (κ3) is 2.33. The molecule has 5 aliphatic rings. The number of likely N-dealkylation sites (tertiary alicyclic amines) is 1. The molecule has 2 bridgehead atoms. The molecule has 0 aromatic heterocycles. The van der Waals surface area contributed by atoms with Gasteiger partial charge in [-0.3, -0.25) is 19.4 Å². The van der Waals surface area contributed by atoms with Crippen LogP contribution in [-0.4, -0.2) is 68.7 Å². The Kier molecular flexibility index (Phi) is 4.07. The molecule has 2 fully saturated rings. The van der Waals surface area contributed by atoms with Crippen LogP contribution in [0.3, 0.4) is 0 Å². The first-order chi connectivity index (χ1) is 16.8. The van der Waals surface area contributed by atoms with Gasteiger partial charge in [-0.15, -0.1) is 6.58 Å². The predicted octanol–water partition coefficient (Wildman–Crippen LogP) is 2.71. The minimum Gasteiger partial charge on any atom is -0.504 e. The summed E-state index contributed by atoms with van der Waals surface area (Å²) in [5.74, 6) is -0.169. The lowest BCUT2D eigenvalue weighted by molar-refractivity contribution is -0.194. The van der Waals surface area contributed by atoms with Gasteiger partial charge in [0.1, 0.15) is 6.10 Å². The molecule has 3 heterocycles. The Bertz CT molecular complexity index is 1340. The van der Waals surface area contributed by atoms with E-state index in [2.05, 4.69) is 11.5 Å². The molecule has 180 valence electrons. The highest BCUT2D eigenvalue weighted by Crippen LogP contribution is 2.66. The SMILES string of the molecule is C=CCN1CC[C@]23c4c5ccc(O)c4OC2C(N2C(=O)c4ccc(C)cc4C2=O)CC[C@@]3(O)[C@H]1C5. The number of ether oxygens (including phenoxy) is 1. The number of aryl methyl sites for hydroxylation is 1. The van der Waals surface area contributed by atoms with Crippen molar-refractivity contribution < 1.29 is 24.5 Å². The fourth-order valence-corrected chi connectivity index (χ4v) is 7.93. The van der Waals surface area contributed by atoms with Gasteiger partial charge in [0.25, 0.3) is 11.8 Å². The third-order valence-corrected chi connectivity index (χ3v) is 9.31. The molecule has 0 radical (unpaired) electrons. The molecule has 2 unspecified atom stereocenters. The Balaban J connectivity index is 1.39. The van der Waals surface area contributed by atoms with Gasteiger partial charge >= 0.3 is 0 Å². The van der Waals surface area contributed by atoms with Crippen molar-refractivity contribution in [1.29, 1.82) is 0 Å². The zero-order valence-corrected chi connectivity index (χ0v) is 19.7. The Morgan fingerprint density at radius 2 is 1.97 bits per heavy atom. The summed E-state index contributed by atoms with van der Waals surface area (Å²) in [6.07, 6.45) is 3.39. The van der Waals surface area contributed by atoms with E-state index in [9.17, 15) is 19.8 Å². The van der Waals surface area contributed by atoms with Crippen LogP contribution in [0.15, 0.2) is 43.0 Å². The van der Waals surface area contributed by atoms with Crippen LogP contribution >= 0.6 is 0 Å². The topological polar surface area (TPSA) is 90.3 Å². The minimum atomic E-state index is -1.10. The maximum Gasteiger partial charge on any atom is 0.261 e. The van der Waals surface area contributed by atoms with Crippen LogP contribution in [0.2, 0.25) is 0 Å². The van der Waals surface area contributed by atoms with Crippen molar-refractivity contribution in [3.8, 4) is 11.5 Å². The summed E-state index contributed by atoms with van der Waals surface area (Å²) in [6, 6.07) is 8.26. The highest BCUT2D eigenvalue weighted by molar-refractivity contribution is 6.21. The molecule has 3 aliphatic heterocycles. The van der Waals surface area contributed by atoms with Crippen molar-refractivity contribution >= 4 is 11.8 Å². The lowest BCUT2D eigenvalue weighted by atomic mass is 9.48. The van der Waals surface area contributed by atoms with Gasteiger partial charge in [0.15, 0.2) is 11.5 Å². The van der Waals surface area contributed by atoms with Crippen LogP contribution in [0.4, 0.5) is 0 Å². The molecule has 7 rings (SSSR count). The third-order valence-electron chi connectivity index (χ3n) is 9.31. The molecule has 2 aliphatic carbocycles. The summed E-state index contributed by atoms with van der Waals surface area (Å²) in [7, 11) is 0. The second-order valence-electron chi connectivity index (χ2n) is 10.8. The number of hydrogen-bond acceptors (Lipinski definition) is 6. The predicted molar refractivity (Wildman–Crippen MR) is 128 cm³/mol. The first-order valence-corrected chi connectivity index (χ1v) is 12.4. The maximum atomic E-state index is 13.6. The highest BCUT2D eigenvalue weighted by Gasteiger charge is 2.74. The van der Waals surface area contributed by atoms with E-state index in [1.165, 1.54) is 4.90 Å². The largest absolute Gasteiger partial charge is 0.504 e. The van der Waals surface area contributed by atoms with Gasteiger partial charge in [-0.25, -0.2) is 0 Å². The van der Waals surface area contributed by atoms with Gasteiger partial charge in [-0.1, -0.05) is 23.8 Å². The van der Waals surface area contributed by atoms with E-state index < -0.39 is 23.2 Å². The lowest BCUT2D eigenvalue weighted by Gasteiger charge is -2.64. The van der Waals surface area contributed by atoms with Gasteiger partial charge in [0.2, 0.25) is 0 Å². The number of amides is 2. The summed E-state index contributed by atoms with van der Waals surface area (Å²) >= 11 is 0. The fourth-order valence-electron chi connectivity index (χ4n) is 7.93. The fraction of sp³-hybridized carbons (Fsp3) is 0.429. The maximum absolute atomic E-state index is 13.6. The summed E-state index contributed by atoms with van der Waals surface area (Å²) < 4.78 is 6.52. The molecule has 1 saturated heterocycles. The molecule has 35 heavy (non-hydrogen) atoms. The summed E-state index contributed by atoms with van der Waals surface area (Å²) in [6.45, 7) is 7.23. The van der Waals surface area contributed by atoms with E-state index in [0.717, 1.165) is 23.2 Å². The van der Waals surface area contributed by atoms with E-state index in [1.54, 1.807) is 18.2 Å². The summed E-state index contributed by atoms with van der Waals surface area (Å²) in [4.78, 5) is 30.7. The van der Waals surface area contributed by atoms with Crippen LogP contribution in [0.5, 0.6) is 11.5 Å². The molecule has 1 spiro atoms. The van der Waals surface area contributed by atoms with Gasteiger partial charge in [-0.05, 0) is 62.9 Å². The van der Waals surface area contributed by atoms with E-state index >= 15 is 0 Å². The normalized spacial score (nSPS) is 34.5. The molecular weight excluding hydrogens is 444 g/mol. The van der Waals surface area contributed by atoms with Gasteiger partial charge in [-0.2, -0.15) is 0 Å². The molecule has 5 atom stereocenters. The molecule has 2 aromatic carbocycles. The number of carbonyl (C=O) groups is 2. The standard InChI is InChI=1S/C28H28N2O5/c1-3-11-29-12-10-27-22-16-5-7-20(31)23(22)35-24(27)19(8-9-28(27,34)21(29)14-16)30-25(32)17-6-4-15(2)13-18(17)26(30)33/h3-7,13,19,21,24,31,34H,1,8-12,14H2,2H3/t19?,21-,24?,27+,28-/m1/s1. The van der Waals surface area contributed by atoms with Gasteiger partial charge in [0.05, 0.1) is 28.2 Å². The molecule has 7 nitrogen and oxygen atoms in total. The molecule has 2 N–H and O–H groups in total. The number of imide groups is 1. The van der Waals surface area contributed by atoms with Crippen LogP contribution in [0.1, 0.15) is 56.7 Å². The Labute approximate surface area is 203 Å². The number of fused-ring (bicyclic) bond motifs is 1. The Morgan fingerprint density at radius 1 is 1.17 bits per heavy atom. The zero-order valence-electron chi connectivity index (χ0n) is 19.7. The van der Waals surface area contributed by atoms with Crippen LogP contribution in [0, 0.1) is 6.92 Å². The van der Waals surface area contributed by atoms with E-state index in [1.807, 2.05) is 25.1 Å². The molecule has 1 saturated carbocycles. The quantitative estimate of drug-likeness (QED) is 0.528. The molecule has 7 heteroatoms. The number of benzene rings is 2.